The number of fused-ring (bicyclic) bond motifs is 1. The van der Waals surface area contributed by atoms with Crippen molar-refractivity contribution in [3.8, 4) is 11.4 Å². The predicted molar refractivity (Wildman–Crippen MR) is 73.2 cm³/mol. The van der Waals surface area contributed by atoms with E-state index in [0.717, 1.165) is 23.2 Å². The van der Waals surface area contributed by atoms with Crippen molar-refractivity contribution in [2.75, 3.05) is 0 Å². The van der Waals surface area contributed by atoms with Crippen LogP contribution in [0.15, 0.2) is 35.1 Å². The molecule has 0 aliphatic heterocycles. The van der Waals surface area contributed by atoms with Crippen molar-refractivity contribution in [2.24, 2.45) is 0 Å². The SMILES string of the molecule is CCc1c(C)nc(-c2ccccc2)n2c(=O)[nH]nc12. The first-order chi connectivity index (χ1) is 9.22. The van der Waals surface area contributed by atoms with Gasteiger partial charge in [-0.25, -0.2) is 19.3 Å². The Kier molecular flexibility index (Phi) is 2.67. The van der Waals surface area contributed by atoms with Crippen molar-refractivity contribution in [3.63, 3.8) is 0 Å². The number of hydrogen-bond donors (Lipinski definition) is 1. The topological polar surface area (TPSA) is 63.1 Å². The Labute approximate surface area is 109 Å². The molecule has 0 unspecified atom stereocenters. The van der Waals surface area contributed by atoms with Crippen molar-refractivity contribution in [3.05, 3.63) is 52.1 Å². The molecule has 0 saturated carbocycles. The van der Waals surface area contributed by atoms with Crippen molar-refractivity contribution in [1.29, 1.82) is 0 Å². The summed E-state index contributed by atoms with van der Waals surface area (Å²) in [6, 6.07) is 9.67. The van der Waals surface area contributed by atoms with E-state index in [1.807, 2.05) is 44.2 Å². The summed E-state index contributed by atoms with van der Waals surface area (Å²) in [7, 11) is 0. The molecule has 1 aromatic carbocycles. The minimum atomic E-state index is -0.254. The van der Waals surface area contributed by atoms with Crippen LogP contribution in [0.5, 0.6) is 0 Å². The van der Waals surface area contributed by atoms with Gasteiger partial charge in [0.1, 0.15) is 5.82 Å². The van der Waals surface area contributed by atoms with Gasteiger partial charge in [-0.2, -0.15) is 5.10 Å². The van der Waals surface area contributed by atoms with E-state index in [1.165, 1.54) is 0 Å². The van der Waals surface area contributed by atoms with Crippen molar-refractivity contribution < 1.29 is 0 Å². The monoisotopic (exact) mass is 254 g/mol. The van der Waals surface area contributed by atoms with E-state index >= 15 is 0 Å². The summed E-state index contributed by atoms with van der Waals surface area (Å²) < 4.78 is 1.54. The molecule has 3 rings (SSSR count). The fourth-order valence-electron chi connectivity index (χ4n) is 2.33. The summed E-state index contributed by atoms with van der Waals surface area (Å²) >= 11 is 0. The molecule has 0 amide bonds. The summed E-state index contributed by atoms with van der Waals surface area (Å²) in [5.74, 6) is 0.629. The van der Waals surface area contributed by atoms with Gasteiger partial charge in [0, 0.05) is 16.8 Å². The largest absolute Gasteiger partial charge is 0.349 e. The molecule has 0 aliphatic rings. The summed E-state index contributed by atoms with van der Waals surface area (Å²) in [4.78, 5) is 16.5. The van der Waals surface area contributed by atoms with Gasteiger partial charge in [-0.05, 0) is 13.3 Å². The molecule has 5 heteroatoms. The molecular formula is C14H14N4O. The zero-order valence-electron chi connectivity index (χ0n) is 10.8. The Morgan fingerprint density at radius 2 is 2.00 bits per heavy atom. The van der Waals surface area contributed by atoms with Gasteiger partial charge in [-0.1, -0.05) is 37.3 Å². The number of hydrogen-bond acceptors (Lipinski definition) is 3. The van der Waals surface area contributed by atoms with E-state index in [0.29, 0.717) is 11.5 Å². The Morgan fingerprint density at radius 1 is 1.26 bits per heavy atom. The lowest BCUT2D eigenvalue weighted by atomic mass is 10.1. The number of nitrogens with zero attached hydrogens (tertiary/aromatic N) is 3. The Morgan fingerprint density at radius 3 is 2.68 bits per heavy atom. The number of aryl methyl sites for hydroxylation is 2. The molecule has 2 heterocycles. The lowest BCUT2D eigenvalue weighted by Gasteiger charge is -2.09. The quantitative estimate of drug-likeness (QED) is 0.760. The zero-order chi connectivity index (χ0) is 13.4. The molecule has 2 aromatic heterocycles. The molecule has 0 atom stereocenters. The molecule has 3 aromatic rings. The minimum Gasteiger partial charge on any atom is -0.246 e. The van der Waals surface area contributed by atoms with Crippen LogP contribution >= 0.6 is 0 Å². The number of nitrogens with one attached hydrogen (secondary N) is 1. The third-order valence-corrected chi connectivity index (χ3v) is 3.25. The molecule has 0 fully saturated rings. The number of aromatic amines is 1. The van der Waals surface area contributed by atoms with Gasteiger partial charge in [0.2, 0.25) is 0 Å². The van der Waals surface area contributed by atoms with Gasteiger partial charge in [0.25, 0.3) is 0 Å². The van der Waals surface area contributed by atoms with Gasteiger partial charge in [0.15, 0.2) is 5.65 Å². The van der Waals surface area contributed by atoms with E-state index < -0.39 is 0 Å². The van der Waals surface area contributed by atoms with Gasteiger partial charge in [0.05, 0.1) is 0 Å². The predicted octanol–water partition coefficient (Wildman–Crippen LogP) is 1.96. The summed E-state index contributed by atoms with van der Waals surface area (Å²) in [6.07, 6.45) is 0.793. The lowest BCUT2D eigenvalue weighted by molar-refractivity contribution is 0.964. The highest BCUT2D eigenvalue weighted by Crippen LogP contribution is 2.20. The zero-order valence-corrected chi connectivity index (χ0v) is 10.8. The number of benzene rings is 1. The summed E-state index contributed by atoms with van der Waals surface area (Å²) in [6.45, 7) is 3.98. The van der Waals surface area contributed by atoms with E-state index in [4.69, 9.17) is 0 Å². The standard InChI is InChI=1S/C14H14N4O/c1-3-11-9(2)15-12(10-7-5-4-6-8-10)18-13(11)16-17-14(18)19/h4-8H,3H2,1-2H3,(H,17,19). The second-order valence-corrected chi connectivity index (χ2v) is 4.41. The molecule has 5 nitrogen and oxygen atoms in total. The van der Waals surface area contributed by atoms with Crippen LogP contribution in [0.4, 0.5) is 0 Å². The highest BCUT2D eigenvalue weighted by atomic mass is 16.1. The summed E-state index contributed by atoms with van der Waals surface area (Å²) in [5, 5.41) is 6.63. The van der Waals surface area contributed by atoms with Crippen LogP contribution in [0.1, 0.15) is 18.2 Å². The van der Waals surface area contributed by atoms with Crippen molar-refractivity contribution in [1.82, 2.24) is 19.6 Å². The fourth-order valence-corrected chi connectivity index (χ4v) is 2.33. The smallest absolute Gasteiger partial charge is 0.246 e. The molecule has 0 aliphatic carbocycles. The third-order valence-electron chi connectivity index (χ3n) is 3.25. The molecular weight excluding hydrogens is 240 g/mol. The Hall–Kier alpha value is -2.43. The highest BCUT2D eigenvalue weighted by Gasteiger charge is 2.15. The first-order valence-corrected chi connectivity index (χ1v) is 6.24. The number of H-pyrrole nitrogens is 1. The molecule has 0 spiro atoms. The molecule has 0 bridgehead atoms. The van der Waals surface area contributed by atoms with Crippen LogP contribution in [-0.2, 0) is 6.42 Å². The van der Waals surface area contributed by atoms with Crippen molar-refractivity contribution >= 4 is 5.65 Å². The van der Waals surface area contributed by atoms with E-state index in [-0.39, 0.29) is 5.69 Å². The molecule has 96 valence electrons. The average Bonchev–Trinajstić information content (AvgIpc) is 2.81. The second-order valence-electron chi connectivity index (χ2n) is 4.41. The molecule has 19 heavy (non-hydrogen) atoms. The molecule has 1 N–H and O–H groups in total. The minimum absolute atomic E-state index is 0.254. The number of aromatic nitrogens is 4. The van der Waals surface area contributed by atoms with Gasteiger partial charge in [-0.3, -0.25) is 0 Å². The highest BCUT2D eigenvalue weighted by molar-refractivity contribution is 5.62. The van der Waals surface area contributed by atoms with Crippen LogP contribution in [0.3, 0.4) is 0 Å². The Balaban J connectivity index is 2.44. The second kappa shape index (κ2) is 4.35. The van der Waals surface area contributed by atoms with E-state index in [1.54, 1.807) is 4.40 Å². The maximum Gasteiger partial charge on any atom is 0.349 e. The maximum absolute atomic E-state index is 12.0. The normalized spacial score (nSPS) is 11.1. The van der Waals surface area contributed by atoms with Crippen LogP contribution < -0.4 is 5.69 Å². The van der Waals surface area contributed by atoms with Crippen LogP contribution in [0, 0.1) is 6.92 Å². The van der Waals surface area contributed by atoms with Crippen LogP contribution in [0.25, 0.3) is 17.0 Å². The first-order valence-electron chi connectivity index (χ1n) is 6.24. The maximum atomic E-state index is 12.0. The first kappa shape index (κ1) is 11.6. The van der Waals surface area contributed by atoms with Gasteiger partial charge in [-0.15, -0.1) is 0 Å². The number of rotatable bonds is 2. The molecule has 0 saturated heterocycles. The van der Waals surface area contributed by atoms with Gasteiger partial charge < -0.3 is 0 Å². The fraction of sp³-hybridized carbons (Fsp3) is 0.214. The third kappa shape index (κ3) is 1.74. The van der Waals surface area contributed by atoms with Crippen LogP contribution in [-0.4, -0.2) is 19.6 Å². The van der Waals surface area contributed by atoms with E-state index in [9.17, 15) is 4.79 Å². The average molecular weight is 254 g/mol. The summed E-state index contributed by atoms with van der Waals surface area (Å²) in [5.41, 5.74) is 3.22. The Bertz CT molecular complexity index is 786. The lowest BCUT2D eigenvalue weighted by Crippen LogP contribution is -2.14. The van der Waals surface area contributed by atoms with E-state index in [2.05, 4.69) is 15.2 Å². The van der Waals surface area contributed by atoms with Crippen LogP contribution in [0.2, 0.25) is 0 Å². The van der Waals surface area contributed by atoms with Crippen molar-refractivity contribution in [2.45, 2.75) is 20.3 Å². The molecule has 0 radical (unpaired) electrons. The van der Waals surface area contributed by atoms with Gasteiger partial charge >= 0.3 is 5.69 Å².